The van der Waals surface area contributed by atoms with Crippen LogP contribution in [0, 0.1) is 11.8 Å². The number of piperidine rings is 2. The van der Waals surface area contributed by atoms with E-state index in [0.29, 0.717) is 11.8 Å². The smallest absolute Gasteiger partial charge is 0.853 e. The van der Waals surface area contributed by atoms with Gasteiger partial charge >= 0.3 is 37.7 Å². The molecular formula is C18H30CaN2O2-2. The molecule has 2 saturated carbocycles. The summed E-state index contributed by atoms with van der Waals surface area (Å²) in [5, 5.41) is 31.7. The number of hydrogen-bond acceptors (Lipinski definition) is 2. The van der Waals surface area contributed by atoms with Crippen LogP contribution in [0.3, 0.4) is 0 Å². The van der Waals surface area contributed by atoms with Crippen LogP contribution in [0.25, 0.3) is 10.6 Å². The Hall–Kier alpha value is 1.10. The van der Waals surface area contributed by atoms with Crippen LogP contribution in [-0.4, -0.2) is 75.1 Å². The van der Waals surface area contributed by atoms with Crippen molar-refractivity contribution >= 4 is 37.7 Å². The molecule has 2 aliphatic carbocycles. The van der Waals surface area contributed by atoms with Crippen molar-refractivity contribution in [3.8, 4) is 0 Å². The summed E-state index contributed by atoms with van der Waals surface area (Å²) in [7, 11) is 0. The van der Waals surface area contributed by atoms with E-state index in [1.54, 1.807) is 0 Å². The minimum absolute atomic E-state index is 0. The Morgan fingerprint density at radius 2 is 0.957 bits per heavy atom. The van der Waals surface area contributed by atoms with Crippen LogP contribution in [0.1, 0.15) is 64.2 Å². The van der Waals surface area contributed by atoms with Crippen molar-refractivity contribution in [3.63, 3.8) is 0 Å². The molecule has 2 saturated heterocycles. The van der Waals surface area contributed by atoms with Crippen LogP contribution in [0.5, 0.6) is 0 Å². The number of hydrogen-bond donors (Lipinski definition) is 0. The van der Waals surface area contributed by atoms with Crippen molar-refractivity contribution in [3.05, 3.63) is 10.6 Å². The van der Waals surface area contributed by atoms with Gasteiger partial charge in [0, 0.05) is 0 Å². The van der Waals surface area contributed by atoms with Crippen molar-refractivity contribution in [2.24, 2.45) is 11.8 Å². The van der Waals surface area contributed by atoms with Crippen molar-refractivity contribution in [1.29, 1.82) is 0 Å². The van der Waals surface area contributed by atoms with E-state index >= 15 is 0 Å². The molecule has 128 valence electrons. The third-order valence-electron chi connectivity index (χ3n) is 6.00. The first-order valence-corrected chi connectivity index (χ1v) is 9.40. The second-order valence-electron chi connectivity index (χ2n) is 7.54. The van der Waals surface area contributed by atoms with Gasteiger partial charge in [-0.3, -0.25) is 0 Å². The van der Waals surface area contributed by atoms with Gasteiger partial charge in [0.1, 0.15) is 0 Å². The molecule has 0 aromatic rings. The first kappa shape index (κ1) is 20.4. The summed E-state index contributed by atoms with van der Waals surface area (Å²) >= 11 is 0. The Morgan fingerprint density at radius 1 is 0.565 bits per heavy atom. The molecular weight excluding hydrogens is 316 g/mol. The minimum Gasteiger partial charge on any atom is -0.853 e. The zero-order valence-electron chi connectivity index (χ0n) is 14.4. The van der Waals surface area contributed by atoms with Gasteiger partial charge in [-0.2, -0.15) is 0 Å². The van der Waals surface area contributed by atoms with Crippen molar-refractivity contribution in [2.75, 3.05) is 13.1 Å². The molecule has 0 spiro atoms. The number of rotatable bonds is 0. The Bertz CT molecular complexity index is 309. The summed E-state index contributed by atoms with van der Waals surface area (Å²) in [6, 6.07) is 0.384. The van der Waals surface area contributed by atoms with Crippen LogP contribution < -0.4 is 10.2 Å². The second kappa shape index (κ2) is 10.3. The third kappa shape index (κ3) is 5.54. The largest absolute Gasteiger partial charge is 2.00 e. The van der Waals surface area contributed by atoms with Crippen molar-refractivity contribution < 1.29 is 10.2 Å². The van der Waals surface area contributed by atoms with E-state index in [1.807, 2.05) is 0 Å². The van der Waals surface area contributed by atoms with Gasteiger partial charge in [-0.25, -0.2) is 0 Å². The van der Waals surface area contributed by atoms with Crippen LogP contribution in [0.15, 0.2) is 0 Å². The maximum Gasteiger partial charge on any atom is 2.00 e. The molecule has 23 heavy (non-hydrogen) atoms. The fourth-order valence-electron chi connectivity index (χ4n) is 4.80. The quantitative estimate of drug-likeness (QED) is 0.626. The predicted molar refractivity (Wildman–Crippen MR) is 90.5 cm³/mol. The van der Waals surface area contributed by atoms with Gasteiger partial charge in [0.25, 0.3) is 0 Å². The molecule has 4 aliphatic rings. The van der Waals surface area contributed by atoms with E-state index in [1.165, 1.54) is 38.5 Å². The number of fused-ring (bicyclic) bond motifs is 2. The summed E-state index contributed by atoms with van der Waals surface area (Å²) in [5.74, 6) is 1.31. The summed E-state index contributed by atoms with van der Waals surface area (Å²) < 4.78 is 0. The van der Waals surface area contributed by atoms with Crippen LogP contribution in [0.2, 0.25) is 0 Å². The molecule has 2 aliphatic heterocycles. The third-order valence-corrected chi connectivity index (χ3v) is 6.00. The maximum atomic E-state index is 11.4. The molecule has 0 bridgehead atoms. The summed E-state index contributed by atoms with van der Waals surface area (Å²) in [6.07, 6.45) is 10.7. The molecule has 0 amide bonds. The van der Waals surface area contributed by atoms with E-state index in [4.69, 9.17) is 0 Å². The minimum atomic E-state index is -0.367. The Kier molecular flexibility index (Phi) is 9.14. The van der Waals surface area contributed by atoms with E-state index < -0.39 is 0 Å². The SMILES string of the molecule is [Ca+2].[O-]C1CCCC2CCC[N-]C12.[O-]C1CCCC2CCC[N-]C12. The summed E-state index contributed by atoms with van der Waals surface area (Å²) in [6.45, 7) is 1.89. The Balaban J connectivity index is 0.000000160. The van der Waals surface area contributed by atoms with Gasteiger partial charge in [-0.05, 0) is 0 Å². The normalized spacial score (nSPS) is 43.0. The summed E-state index contributed by atoms with van der Waals surface area (Å²) in [4.78, 5) is 0. The zero-order valence-corrected chi connectivity index (χ0v) is 16.6. The van der Waals surface area contributed by atoms with Gasteiger partial charge in [-0.1, -0.05) is 76.0 Å². The molecule has 4 nitrogen and oxygen atoms in total. The number of nitrogens with zero attached hydrogens (tertiary/aromatic N) is 2. The molecule has 2 heterocycles. The van der Waals surface area contributed by atoms with E-state index in [9.17, 15) is 10.2 Å². The van der Waals surface area contributed by atoms with Crippen LogP contribution in [-0.2, 0) is 0 Å². The van der Waals surface area contributed by atoms with Gasteiger partial charge in [-0.15, -0.1) is 37.4 Å². The van der Waals surface area contributed by atoms with Gasteiger partial charge in [0.15, 0.2) is 0 Å². The Morgan fingerprint density at radius 3 is 1.35 bits per heavy atom. The zero-order chi connectivity index (χ0) is 15.4. The molecule has 0 aromatic carbocycles. The fraction of sp³-hybridized carbons (Fsp3) is 1.00. The first-order valence-electron chi connectivity index (χ1n) is 9.40. The average molecular weight is 347 g/mol. The Labute approximate surface area is 171 Å². The summed E-state index contributed by atoms with van der Waals surface area (Å²) in [5.41, 5.74) is 0. The van der Waals surface area contributed by atoms with Crippen LogP contribution in [0.4, 0.5) is 0 Å². The predicted octanol–water partition coefficient (Wildman–Crippen LogP) is 1.72. The standard InChI is InChI=1S/2C9H15NO.Ca/c2*11-8-5-1-3-7-4-2-6-10-9(7)8;/h2*7-9H,1-6H2;/q2*-2;+2. The maximum absolute atomic E-state index is 11.4. The fourth-order valence-corrected chi connectivity index (χ4v) is 4.80. The first-order chi connectivity index (χ1) is 10.8. The molecule has 4 fully saturated rings. The van der Waals surface area contributed by atoms with E-state index in [-0.39, 0.29) is 62.0 Å². The van der Waals surface area contributed by atoms with Gasteiger partial charge in [0.05, 0.1) is 0 Å². The van der Waals surface area contributed by atoms with E-state index in [0.717, 1.165) is 38.8 Å². The van der Waals surface area contributed by atoms with Crippen LogP contribution >= 0.6 is 0 Å². The molecule has 5 heteroatoms. The topological polar surface area (TPSA) is 74.3 Å². The monoisotopic (exact) mass is 346 g/mol. The van der Waals surface area contributed by atoms with E-state index in [2.05, 4.69) is 10.6 Å². The average Bonchev–Trinajstić information content (AvgIpc) is 2.57. The molecule has 0 N–H and O–H groups in total. The van der Waals surface area contributed by atoms with Crippen molar-refractivity contribution in [2.45, 2.75) is 88.5 Å². The molecule has 0 radical (unpaired) electrons. The van der Waals surface area contributed by atoms with Gasteiger partial charge < -0.3 is 20.8 Å². The molecule has 6 unspecified atom stereocenters. The van der Waals surface area contributed by atoms with Gasteiger partial charge in [0.2, 0.25) is 0 Å². The second-order valence-corrected chi connectivity index (χ2v) is 7.54. The van der Waals surface area contributed by atoms with Crippen molar-refractivity contribution in [1.82, 2.24) is 0 Å². The molecule has 0 aromatic heterocycles. The molecule has 6 atom stereocenters. The molecule has 4 rings (SSSR count).